The van der Waals surface area contributed by atoms with Crippen LogP contribution in [0.4, 0.5) is 5.69 Å². The molecule has 0 bridgehead atoms. The highest BCUT2D eigenvalue weighted by Crippen LogP contribution is 2.26. The van der Waals surface area contributed by atoms with Gasteiger partial charge < -0.3 is 18.8 Å². The molecule has 1 heterocycles. The monoisotopic (exact) mass is 431 g/mol. The number of benzene rings is 2. The van der Waals surface area contributed by atoms with Crippen molar-refractivity contribution in [3.05, 3.63) is 56.9 Å². The van der Waals surface area contributed by atoms with Crippen molar-refractivity contribution in [2.24, 2.45) is 4.99 Å². The summed E-state index contributed by atoms with van der Waals surface area (Å²) in [5.41, 5.74) is 1.02. The fourth-order valence-electron chi connectivity index (χ4n) is 2.90. The van der Waals surface area contributed by atoms with Gasteiger partial charge in [-0.2, -0.15) is 4.99 Å². The highest BCUT2D eigenvalue weighted by Gasteiger charge is 2.16. The van der Waals surface area contributed by atoms with Crippen LogP contribution in [0.1, 0.15) is 17.3 Å². The highest BCUT2D eigenvalue weighted by molar-refractivity contribution is 7.16. The normalized spacial score (nSPS) is 11.6. The van der Waals surface area contributed by atoms with Gasteiger partial charge in [0.05, 0.1) is 41.5 Å². The smallest absolute Gasteiger partial charge is 0.283 e. The zero-order valence-corrected chi connectivity index (χ0v) is 17.6. The number of fused-ring (bicyclic) bond motifs is 1. The summed E-state index contributed by atoms with van der Waals surface area (Å²) in [6.45, 7) is 3.33. The summed E-state index contributed by atoms with van der Waals surface area (Å²) in [6.07, 6.45) is 0. The van der Waals surface area contributed by atoms with E-state index in [-0.39, 0.29) is 11.3 Å². The average molecular weight is 431 g/mol. The molecule has 0 fully saturated rings. The third-order valence-corrected chi connectivity index (χ3v) is 5.42. The Kier molecular flexibility index (Phi) is 6.80. The lowest BCUT2D eigenvalue weighted by molar-refractivity contribution is -0.384. The molecule has 10 heteroatoms. The molecule has 1 aromatic heterocycles. The van der Waals surface area contributed by atoms with Gasteiger partial charge in [-0.25, -0.2) is 0 Å². The van der Waals surface area contributed by atoms with Crippen molar-refractivity contribution in [1.29, 1.82) is 0 Å². The minimum Gasteiger partial charge on any atom is -0.497 e. The molecule has 2 aromatic carbocycles. The summed E-state index contributed by atoms with van der Waals surface area (Å²) < 4.78 is 18.4. The van der Waals surface area contributed by atoms with Crippen molar-refractivity contribution < 1.29 is 23.9 Å². The molecule has 0 unspecified atom stereocenters. The minimum absolute atomic E-state index is 0.0181. The maximum atomic E-state index is 12.9. The first-order valence-electron chi connectivity index (χ1n) is 9.15. The van der Waals surface area contributed by atoms with Gasteiger partial charge in [0, 0.05) is 31.4 Å². The molecule has 9 nitrogen and oxygen atoms in total. The first-order chi connectivity index (χ1) is 14.5. The molecule has 30 heavy (non-hydrogen) atoms. The zero-order valence-electron chi connectivity index (χ0n) is 16.8. The number of nitro groups is 1. The number of carbonyl (C=O) groups excluding carboxylic acids is 1. The number of aromatic nitrogens is 1. The van der Waals surface area contributed by atoms with E-state index in [0.29, 0.717) is 40.8 Å². The summed E-state index contributed by atoms with van der Waals surface area (Å²) in [7, 11) is 2.99. The third kappa shape index (κ3) is 4.50. The average Bonchev–Trinajstić information content (AvgIpc) is 3.09. The Hall–Kier alpha value is -3.24. The summed E-state index contributed by atoms with van der Waals surface area (Å²) >= 11 is 1.21. The number of methoxy groups -OCH3 is 2. The third-order valence-electron chi connectivity index (χ3n) is 4.38. The molecule has 1 amide bonds. The maximum absolute atomic E-state index is 12.9. The van der Waals surface area contributed by atoms with Gasteiger partial charge in [-0.1, -0.05) is 11.3 Å². The van der Waals surface area contributed by atoms with E-state index in [1.54, 1.807) is 24.3 Å². The van der Waals surface area contributed by atoms with Crippen LogP contribution in [0.2, 0.25) is 0 Å². The van der Waals surface area contributed by atoms with Gasteiger partial charge in [-0.15, -0.1) is 0 Å². The van der Waals surface area contributed by atoms with Crippen molar-refractivity contribution >= 4 is 33.1 Å². The lowest BCUT2D eigenvalue weighted by atomic mass is 10.2. The van der Waals surface area contributed by atoms with Crippen LogP contribution < -0.4 is 14.3 Å². The Bertz CT molecular complexity index is 1150. The highest BCUT2D eigenvalue weighted by atomic mass is 32.1. The molecule has 0 aliphatic carbocycles. The van der Waals surface area contributed by atoms with Gasteiger partial charge >= 0.3 is 0 Å². The van der Waals surface area contributed by atoms with E-state index < -0.39 is 10.8 Å². The SMILES string of the molecule is CCOCCn1c(=NC(=O)c2ccc(OC)cc2OC)sc2cc([N+](=O)[O-])ccc21. The molecule has 3 rings (SSSR count). The number of thiazole rings is 1. The minimum atomic E-state index is -0.485. The van der Waals surface area contributed by atoms with Crippen LogP contribution in [-0.4, -0.2) is 42.8 Å². The molecule has 0 aliphatic heterocycles. The Morgan fingerprint density at radius 1 is 1.20 bits per heavy atom. The Labute approximate surface area is 176 Å². The molecule has 0 N–H and O–H groups in total. The summed E-state index contributed by atoms with van der Waals surface area (Å²) in [5.74, 6) is 0.422. The first-order valence-corrected chi connectivity index (χ1v) is 9.96. The first kappa shape index (κ1) is 21.5. The van der Waals surface area contributed by atoms with Crippen LogP contribution in [0.5, 0.6) is 11.5 Å². The number of ether oxygens (including phenoxy) is 3. The van der Waals surface area contributed by atoms with E-state index in [4.69, 9.17) is 14.2 Å². The Morgan fingerprint density at radius 3 is 2.67 bits per heavy atom. The standard InChI is InChI=1S/C20H21N3O6S/c1-4-29-10-9-22-16-8-5-13(23(25)26)11-18(16)30-20(22)21-19(24)15-7-6-14(27-2)12-17(15)28-3/h5-8,11-12H,4,9-10H2,1-3H3. The van der Waals surface area contributed by atoms with E-state index in [1.165, 1.54) is 37.7 Å². The molecule has 158 valence electrons. The number of non-ortho nitro benzene ring substituents is 1. The van der Waals surface area contributed by atoms with E-state index >= 15 is 0 Å². The summed E-state index contributed by atoms with van der Waals surface area (Å²) in [4.78, 5) is 28.3. The number of nitrogens with zero attached hydrogens (tertiary/aromatic N) is 3. The number of nitro benzene ring substituents is 1. The van der Waals surface area contributed by atoms with Gasteiger partial charge in [-0.05, 0) is 25.1 Å². The largest absolute Gasteiger partial charge is 0.497 e. The van der Waals surface area contributed by atoms with E-state index in [9.17, 15) is 14.9 Å². The predicted octanol–water partition coefficient (Wildman–Crippen LogP) is 3.41. The fraction of sp³-hybridized carbons (Fsp3) is 0.300. The predicted molar refractivity (Wildman–Crippen MR) is 112 cm³/mol. The molecule has 3 aromatic rings. The van der Waals surface area contributed by atoms with E-state index in [0.717, 1.165) is 5.52 Å². The van der Waals surface area contributed by atoms with E-state index in [2.05, 4.69) is 4.99 Å². The van der Waals surface area contributed by atoms with Crippen LogP contribution in [0.15, 0.2) is 41.4 Å². The molecular weight excluding hydrogens is 410 g/mol. The van der Waals surface area contributed by atoms with Crippen LogP contribution in [0, 0.1) is 10.1 Å². The van der Waals surface area contributed by atoms with E-state index in [1.807, 2.05) is 11.5 Å². The molecule has 0 saturated heterocycles. The van der Waals surface area contributed by atoms with Crippen molar-refractivity contribution in [2.75, 3.05) is 27.4 Å². The molecule has 0 atom stereocenters. The van der Waals surface area contributed by atoms with Crippen LogP contribution in [-0.2, 0) is 11.3 Å². The van der Waals surface area contributed by atoms with Gasteiger partial charge in [-0.3, -0.25) is 14.9 Å². The van der Waals surface area contributed by atoms with Crippen LogP contribution in [0.25, 0.3) is 10.2 Å². The van der Waals surface area contributed by atoms with Gasteiger partial charge in [0.25, 0.3) is 11.6 Å². The lowest BCUT2D eigenvalue weighted by Crippen LogP contribution is -2.20. The van der Waals surface area contributed by atoms with Gasteiger partial charge in [0.2, 0.25) is 0 Å². The number of rotatable bonds is 8. The maximum Gasteiger partial charge on any atom is 0.283 e. The zero-order chi connectivity index (χ0) is 21.7. The Balaban J connectivity index is 2.10. The topological polar surface area (TPSA) is 105 Å². The second kappa shape index (κ2) is 9.51. The summed E-state index contributed by atoms with van der Waals surface area (Å²) in [5, 5.41) is 11.1. The van der Waals surface area contributed by atoms with Gasteiger partial charge in [0.1, 0.15) is 11.5 Å². The number of carbonyl (C=O) groups is 1. The van der Waals surface area contributed by atoms with Crippen LogP contribution >= 0.6 is 11.3 Å². The number of hydrogen-bond donors (Lipinski definition) is 0. The second-order valence-electron chi connectivity index (χ2n) is 6.13. The molecule has 0 aliphatic rings. The fourth-order valence-corrected chi connectivity index (χ4v) is 3.99. The second-order valence-corrected chi connectivity index (χ2v) is 7.13. The molecule has 0 saturated carbocycles. The Morgan fingerprint density at radius 2 is 2.00 bits per heavy atom. The summed E-state index contributed by atoms with van der Waals surface area (Å²) in [6, 6.07) is 9.43. The van der Waals surface area contributed by atoms with Crippen molar-refractivity contribution in [3.8, 4) is 11.5 Å². The lowest BCUT2D eigenvalue weighted by Gasteiger charge is -2.08. The van der Waals surface area contributed by atoms with Crippen molar-refractivity contribution in [3.63, 3.8) is 0 Å². The molecular formula is C20H21N3O6S. The van der Waals surface area contributed by atoms with Crippen molar-refractivity contribution in [2.45, 2.75) is 13.5 Å². The molecule has 0 spiro atoms. The quantitative estimate of drug-likeness (QED) is 0.307. The number of amides is 1. The van der Waals surface area contributed by atoms with Crippen molar-refractivity contribution in [1.82, 2.24) is 4.57 Å². The number of hydrogen-bond acceptors (Lipinski definition) is 7. The van der Waals surface area contributed by atoms with Crippen LogP contribution in [0.3, 0.4) is 0 Å². The molecule has 0 radical (unpaired) electrons. The van der Waals surface area contributed by atoms with Gasteiger partial charge in [0.15, 0.2) is 4.80 Å².